The van der Waals surface area contributed by atoms with Crippen molar-refractivity contribution < 1.29 is 14.3 Å². The molecule has 0 heterocycles. The van der Waals surface area contributed by atoms with E-state index in [2.05, 4.69) is 22.0 Å². The summed E-state index contributed by atoms with van der Waals surface area (Å²) in [6.45, 7) is 6.35. The fraction of sp³-hybridized carbons (Fsp3) is 0.464. The normalized spacial score (nSPS) is 12.7. The minimum Gasteiger partial charge on any atom is -0.444 e. The minimum atomic E-state index is -0.540. The number of aryl methyl sites for hydroxylation is 1. The van der Waals surface area contributed by atoms with Crippen LogP contribution in [-0.2, 0) is 22.5 Å². The van der Waals surface area contributed by atoms with Crippen molar-refractivity contribution in [1.82, 2.24) is 16.0 Å². The van der Waals surface area contributed by atoms with Gasteiger partial charge in [0.2, 0.25) is 5.91 Å². The first-order valence-electron chi connectivity index (χ1n) is 12.2. The average Bonchev–Trinajstić information content (AvgIpc) is 2.83. The lowest BCUT2D eigenvalue weighted by Gasteiger charge is -2.22. The molecule has 7 heteroatoms. The lowest BCUT2D eigenvalue weighted by molar-refractivity contribution is -0.123. The van der Waals surface area contributed by atoms with E-state index in [0.717, 1.165) is 17.5 Å². The first kappa shape index (κ1) is 27.9. The Morgan fingerprint density at radius 2 is 1.54 bits per heavy atom. The predicted molar refractivity (Wildman–Crippen MR) is 137 cm³/mol. The molecule has 0 aromatic heterocycles. The Hall–Kier alpha value is -3.37. The summed E-state index contributed by atoms with van der Waals surface area (Å²) < 4.78 is 5.25. The van der Waals surface area contributed by atoms with Crippen LogP contribution >= 0.6 is 0 Å². The second-order valence-corrected chi connectivity index (χ2v) is 9.55. The molecule has 7 nitrogen and oxygen atoms in total. The number of hydrogen-bond donors (Lipinski definition) is 3. The molecular weight excluding hydrogens is 440 g/mol. The zero-order chi connectivity index (χ0) is 25.5. The van der Waals surface area contributed by atoms with Gasteiger partial charge in [-0.25, -0.2) is 4.79 Å². The minimum absolute atomic E-state index is 0.131. The maximum atomic E-state index is 13.0. The van der Waals surface area contributed by atoms with Crippen LogP contribution in [0.4, 0.5) is 4.79 Å². The van der Waals surface area contributed by atoms with Gasteiger partial charge in [0, 0.05) is 13.1 Å². The smallest absolute Gasteiger partial charge is 0.407 e. The molecule has 0 bridgehead atoms. The molecule has 0 fully saturated rings. The van der Waals surface area contributed by atoms with Gasteiger partial charge in [-0.05, 0) is 64.0 Å². The Balaban J connectivity index is 1.88. The fourth-order valence-electron chi connectivity index (χ4n) is 3.56. The van der Waals surface area contributed by atoms with Gasteiger partial charge < -0.3 is 15.4 Å². The fourth-order valence-corrected chi connectivity index (χ4v) is 3.56. The number of rotatable bonds is 13. The summed E-state index contributed by atoms with van der Waals surface area (Å²) in [7, 11) is 0. The molecular formula is C28H38N4O3. The summed E-state index contributed by atoms with van der Waals surface area (Å²) >= 11 is 0. The highest BCUT2D eigenvalue weighted by Crippen LogP contribution is 2.10. The molecule has 0 aliphatic carbocycles. The summed E-state index contributed by atoms with van der Waals surface area (Å²) in [5.74, 6) is -0.131. The van der Waals surface area contributed by atoms with Crippen molar-refractivity contribution in [2.45, 2.75) is 77.1 Å². The zero-order valence-corrected chi connectivity index (χ0v) is 21.0. The van der Waals surface area contributed by atoms with Crippen LogP contribution in [0.5, 0.6) is 0 Å². The van der Waals surface area contributed by atoms with Crippen molar-refractivity contribution in [3.8, 4) is 6.07 Å². The number of alkyl carbamates (subject to hydrolysis) is 1. The third kappa shape index (κ3) is 12.1. The van der Waals surface area contributed by atoms with Crippen LogP contribution in [0.1, 0.15) is 57.6 Å². The van der Waals surface area contributed by atoms with Crippen LogP contribution in [0.25, 0.3) is 0 Å². The summed E-state index contributed by atoms with van der Waals surface area (Å²) in [6.07, 6.45) is 2.89. The van der Waals surface area contributed by atoms with Crippen molar-refractivity contribution >= 4 is 12.0 Å². The van der Waals surface area contributed by atoms with Gasteiger partial charge >= 0.3 is 6.09 Å². The molecule has 188 valence electrons. The van der Waals surface area contributed by atoms with Gasteiger partial charge in [0.15, 0.2) is 0 Å². The zero-order valence-electron chi connectivity index (χ0n) is 21.0. The monoisotopic (exact) mass is 478 g/mol. The number of ether oxygens (including phenoxy) is 1. The van der Waals surface area contributed by atoms with Crippen LogP contribution in [0.15, 0.2) is 60.7 Å². The Morgan fingerprint density at radius 1 is 0.914 bits per heavy atom. The summed E-state index contributed by atoms with van der Waals surface area (Å²) in [4.78, 5) is 24.8. The lowest BCUT2D eigenvalue weighted by atomic mass is 10.0. The predicted octanol–water partition coefficient (Wildman–Crippen LogP) is 4.48. The summed E-state index contributed by atoms with van der Waals surface area (Å²) in [6, 6.07) is 21.1. The third-order valence-electron chi connectivity index (χ3n) is 5.34. The van der Waals surface area contributed by atoms with Crippen LogP contribution in [0.2, 0.25) is 0 Å². The molecule has 2 rings (SSSR count). The number of benzene rings is 2. The van der Waals surface area contributed by atoms with Gasteiger partial charge in [-0.15, -0.1) is 0 Å². The van der Waals surface area contributed by atoms with Crippen molar-refractivity contribution in [1.29, 1.82) is 5.26 Å². The molecule has 35 heavy (non-hydrogen) atoms. The molecule has 0 spiro atoms. The molecule has 2 aromatic rings. The molecule has 0 radical (unpaired) electrons. The highest BCUT2D eigenvalue weighted by atomic mass is 16.6. The Morgan fingerprint density at radius 3 is 2.14 bits per heavy atom. The topological polar surface area (TPSA) is 103 Å². The Labute approximate surface area is 209 Å². The van der Waals surface area contributed by atoms with Gasteiger partial charge in [-0.2, -0.15) is 5.26 Å². The van der Waals surface area contributed by atoms with Crippen molar-refractivity contribution in [3.05, 3.63) is 71.8 Å². The number of nitrogens with one attached hydrogen (secondary N) is 3. The standard InChI is InChI=1S/C28H38N4O3/c1-28(2,3)35-27(34)30-19-11-10-16-25(26(33)31-21-23-14-8-5-9-15-23)32-24(20-29)18-17-22-12-6-4-7-13-22/h4-9,12-15,24-25,32H,10-11,16-19,21H2,1-3H3,(H,30,34)(H,31,33)/t24-,25+/m1/s1. The number of amides is 2. The highest BCUT2D eigenvalue weighted by Gasteiger charge is 2.22. The molecule has 0 unspecified atom stereocenters. The van der Waals surface area contributed by atoms with E-state index in [4.69, 9.17) is 4.74 Å². The Bertz CT molecular complexity index is 936. The highest BCUT2D eigenvalue weighted by molar-refractivity contribution is 5.81. The number of carbonyl (C=O) groups excluding carboxylic acids is 2. The van der Waals surface area contributed by atoms with Gasteiger partial charge in [0.1, 0.15) is 5.60 Å². The maximum Gasteiger partial charge on any atom is 0.407 e. The van der Waals surface area contributed by atoms with Crippen LogP contribution in [-0.4, -0.2) is 36.2 Å². The Kier molecular flexibility index (Phi) is 11.8. The summed E-state index contributed by atoms with van der Waals surface area (Å²) in [5, 5.41) is 18.7. The SMILES string of the molecule is CC(C)(C)OC(=O)NCCCC[C@H](N[C@@H](C#N)CCc1ccccc1)C(=O)NCc1ccccc1. The molecule has 0 aliphatic heterocycles. The lowest BCUT2D eigenvalue weighted by Crippen LogP contribution is -2.48. The van der Waals surface area contributed by atoms with Crippen molar-refractivity contribution in [2.75, 3.05) is 6.54 Å². The number of nitriles is 1. The van der Waals surface area contributed by atoms with Gasteiger partial charge in [0.05, 0.1) is 18.2 Å². The van der Waals surface area contributed by atoms with Crippen LogP contribution in [0.3, 0.4) is 0 Å². The maximum absolute atomic E-state index is 13.0. The number of hydrogen-bond acceptors (Lipinski definition) is 5. The van der Waals surface area contributed by atoms with E-state index in [0.29, 0.717) is 38.8 Å². The molecule has 0 aliphatic rings. The number of unbranched alkanes of at least 4 members (excludes halogenated alkanes) is 1. The number of nitrogens with zero attached hydrogens (tertiary/aromatic N) is 1. The van der Waals surface area contributed by atoms with Crippen LogP contribution < -0.4 is 16.0 Å². The largest absolute Gasteiger partial charge is 0.444 e. The summed E-state index contributed by atoms with van der Waals surface area (Å²) in [5.41, 5.74) is 1.64. The van der Waals surface area contributed by atoms with E-state index in [1.165, 1.54) is 0 Å². The van der Waals surface area contributed by atoms with E-state index in [-0.39, 0.29) is 5.91 Å². The first-order valence-corrected chi connectivity index (χ1v) is 12.2. The molecule has 3 N–H and O–H groups in total. The molecule has 2 amide bonds. The quantitative estimate of drug-likeness (QED) is 0.368. The van der Waals surface area contributed by atoms with Gasteiger partial charge in [-0.3, -0.25) is 10.1 Å². The second-order valence-electron chi connectivity index (χ2n) is 9.55. The van der Waals surface area contributed by atoms with Gasteiger partial charge in [-0.1, -0.05) is 60.7 Å². The van der Waals surface area contributed by atoms with E-state index in [1.54, 1.807) is 0 Å². The van der Waals surface area contributed by atoms with Crippen molar-refractivity contribution in [3.63, 3.8) is 0 Å². The molecule has 0 saturated carbocycles. The van der Waals surface area contributed by atoms with Crippen molar-refractivity contribution in [2.24, 2.45) is 0 Å². The molecule has 0 saturated heterocycles. The molecule has 2 atom stereocenters. The van der Waals surface area contributed by atoms with Gasteiger partial charge in [0.25, 0.3) is 0 Å². The van der Waals surface area contributed by atoms with Crippen LogP contribution in [0, 0.1) is 11.3 Å². The first-order chi connectivity index (χ1) is 16.8. The third-order valence-corrected chi connectivity index (χ3v) is 5.34. The van der Waals surface area contributed by atoms with E-state index in [1.807, 2.05) is 81.4 Å². The second kappa shape index (κ2) is 14.8. The van der Waals surface area contributed by atoms with E-state index < -0.39 is 23.8 Å². The number of carbonyl (C=O) groups is 2. The van der Waals surface area contributed by atoms with E-state index in [9.17, 15) is 14.9 Å². The molecule has 2 aromatic carbocycles. The average molecular weight is 479 g/mol. The van der Waals surface area contributed by atoms with E-state index >= 15 is 0 Å².